The molecule has 2 rings (SSSR count). The number of carboxylic acids is 1. The Morgan fingerprint density at radius 1 is 1.56 bits per heavy atom. The van der Waals surface area contributed by atoms with E-state index in [-0.39, 0.29) is 18.1 Å². The summed E-state index contributed by atoms with van der Waals surface area (Å²) in [6.07, 6.45) is -0.0698. The molecule has 1 aromatic rings. The second kappa shape index (κ2) is 4.64. The molecule has 2 N–H and O–H groups in total. The van der Waals surface area contributed by atoms with Gasteiger partial charge >= 0.3 is 5.97 Å². The number of methoxy groups -OCH3 is 1. The second-order valence-corrected chi connectivity index (χ2v) is 4.09. The average Bonchev–Trinajstić information content (AvgIpc) is 2.72. The highest BCUT2D eigenvalue weighted by Gasteiger charge is 2.38. The number of carbonyl (C=O) groups is 2. The highest BCUT2D eigenvalue weighted by molar-refractivity contribution is 5.87. The van der Waals surface area contributed by atoms with Gasteiger partial charge in [0.25, 0.3) is 0 Å². The van der Waals surface area contributed by atoms with E-state index in [0.29, 0.717) is 5.56 Å². The van der Waals surface area contributed by atoms with E-state index in [1.165, 1.54) is 25.3 Å². The normalized spacial score (nSPS) is 22.7. The van der Waals surface area contributed by atoms with Crippen LogP contribution < -0.4 is 10.1 Å². The molecule has 1 aromatic carbocycles. The van der Waals surface area contributed by atoms with Gasteiger partial charge in [-0.2, -0.15) is 0 Å². The average molecular weight is 253 g/mol. The summed E-state index contributed by atoms with van der Waals surface area (Å²) in [7, 11) is 1.32. The molecule has 1 saturated heterocycles. The summed E-state index contributed by atoms with van der Waals surface area (Å²) < 4.78 is 18.1. The van der Waals surface area contributed by atoms with Gasteiger partial charge in [0.15, 0.2) is 11.6 Å². The third-order valence-electron chi connectivity index (χ3n) is 2.98. The van der Waals surface area contributed by atoms with Crippen molar-refractivity contribution in [3.05, 3.63) is 29.6 Å². The van der Waals surface area contributed by atoms with Crippen molar-refractivity contribution in [3.63, 3.8) is 0 Å². The summed E-state index contributed by atoms with van der Waals surface area (Å²) in [5.41, 5.74) is 0.520. The van der Waals surface area contributed by atoms with Crippen molar-refractivity contribution in [3.8, 4) is 5.75 Å². The number of amides is 1. The zero-order valence-corrected chi connectivity index (χ0v) is 9.64. The molecule has 1 aliphatic heterocycles. The Morgan fingerprint density at radius 3 is 2.89 bits per heavy atom. The molecule has 0 aromatic heterocycles. The van der Waals surface area contributed by atoms with Gasteiger partial charge in [-0.1, -0.05) is 6.07 Å². The zero-order valence-electron chi connectivity index (χ0n) is 9.64. The van der Waals surface area contributed by atoms with Crippen molar-refractivity contribution in [2.24, 2.45) is 5.92 Å². The molecule has 5 nitrogen and oxygen atoms in total. The molecule has 18 heavy (non-hydrogen) atoms. The molecule has 1 heterocycles. The molecule has 0 spiro atoms. The van der Waals surface area contributed by atoms with Gasteiger partial charge in [-0.05, 0) is 17.7 Å². The SMILES string of the molecule is COc1cc(C2NC(=O)CC2C(=O)O)ccc1F. The van der Waals surface area contributed by atoms with E-state index in [4.69, 9.17) is 9.84 Å². The summed E-state index contributed by atoms with van der Waals surface area (Å²) in [5, 5.41) is 11.6. The van der Waals surface area contributed by atoms with E-state index in [9.17, 15) is 14.0 Å². The number of aliphatic carboxylic acids is 1. The Kier molecular flexibility index (Phi) is 3.18. The third-order valence-corrected chi connectivity index (χ3v) is 2.98. The molecule has 96 valence electrons. The first-order valence-electron chi connectivity index (χ1n) is 5.38. The van der Waals surface area contributed by atoms with Gasteiger partial charge in [-0.3, -0.25) is 9.59 Å². The first-order valence-corrected chi connectivity index (χ1v) is 5.38. The van der Waals surface area contributed by atoms with Gasteiger partial charge < -0.3 is 15.2 Å². The number of rotatable bonds is 3. The van der Waals surface area contributed by atoms with Crippen LogP contribution in [-0.2, 0) is 9.59 Å². The minimum atomic E-state index is -1.05. The molecular weight excluding hydrogens is 241 g/mol. The summed E-state index contributed by atoms with van der Waals surface area (Å²) in [6.45, 7) is 0. The lowest BCUT2D eigenvalue weighted by atomic mass is 9.94. The number of nitrogens with one attached hydrogen (secondary N) is 1. The van der Waals surface area contributed by atoms with Gasteiger partial charge in [0.05, 0.1) is 19.1 Å². The number of halogens is 1. The van der Waals surface area contributed by atoms with E-state index in [1.807, 2.05) is 0 Å². The lowest BCUT2D eigenvalue weighted by Gasteiger charge is -2.16. The van der Waals surface area contributed by atoms with Crippen LogP contribution in [-0.4, -0.2) is 24.1 Å². The first-order chi connectivity index (χ1) is 8.52. The fourth-order valence-corrected chi connectivity index (χ4v) is 2.07. The molecule has 0 bridgehead atoms. The van der Waals surface area contributed by atoms with Crippen LogP contribution in [0.25, 0.3) is 0 Å². The van der Waals surface area contributed by atoms with Crippen molar-refractivity contribution in [2.45, 2.75) is 12.5 Å². The number of hydrogen-bond acceptors (Lipinski definition) is 3. The van der Waals surface area contributed by atoms with E-state index < -0.39 is 23.7 Å². The molecule has 0 saturated carbocycles. The van der Waals surface area contributed by atoms with Crippen LogP contribution in [0.4, 0.5) is 4.39 Å². The maximum atomic E-state index is 13.3. The van der Waals surface area contributed by atoms with E-state index in [0.717, 1.165) is 0 Å². The highest BCUT2D eigenvalue weighted by atomic mass is 19.1. The summed E-state index contributed by atoms with van der Waals surface area (Å²) >= 11 is 0. The largest absolute Gasteiger partial charge is 0.494 e. The van der Waals surface area contributed by atoms with Crippen molar-refractivity contribution in [1.82, 2.24) is 5.32 Å². The van der Waals surface area contributed by atoms with E-state index in [1.54, 1.807) is 0 Å². The molecule has 2 atom stereocenters. The molecule has 6 heteroatoms. The van der Waals surface area contributed by atoms with Gasteiger partial charge in [0.1, 0.15) is 0 Å². The minimum Gasteiger partial charge on any atom is -0.494 e. The van der Waals surface area contributed by atoms with Crippen LogP contribution in [0.15, 0.2) is 18.2 Å². The van der Waals surface area contributed by atoms with Crippen LogP contribution >= 0.6 is 0 Å². The third kappa shape index (κ3) is 2.13. The predicted octanol–water partition coefficient (Wildman–Crippen LogP) is 1.10. The number of ether oxygens (including phenoxy) is 1. The van der Waals surface area contributed by atoms with Gasteiger partial charge in [0, 0.05) is 6.42 Å². The highest BCUT2D eigenvalue weighted by Crippen LogP contribution is 2.32. The van der Waals surface area contributed by atoms with Crippen LogP contribution in [0, 0.1) is 11.7 Å². The number of carbonyl (C=O) groups excluding carboxylic acids is 1. The molecule has 0 aliphatic carbocycles. The molecule has 1 fully saturated rings. The minimum absolute atomic E-state index is 0.0257. The predicted molar refractivity (Wildman–Crippen MR) is 59.6 cm³/mol. The quantitative estimate of drug-likeness (QED) is 0.845. The Hall–Kier alpha value is -2.11. The Bertz CT molecular complexity index is 503. The maximum Gasteiger partial charge on any atom is 0.309 e. The first kappa shape index (κ1) is 12.3. The lowest BCUT2D eigenvalue weighted by Crippen LogP contribution is -2.24. The van der Waals surface area contributed by atoms with E-state index >= 15 is 0 Å². The standard InChI is InChI=1S/C12H12FNO4/c1-18-9-4-6(2-3-8(9)13)11-7(12(16)17)5-10(15)14-11/h2-4,7,11H,5H2,1H3,(H,14,15)(H,16,17). The fraction of sp³-hybridized carbons (Fsp3) is 0.333. The lowest BCUT2D eigenvalue weighted by molar-refractivity contribution is -0.142. The number of benzene rings is 1. The Morgan fingerprint density at radius 2 is 2.28 bits per heavy atom. The second-order valence-electron chi connectivity index (χ2n) is 4.09. The monoisotopic (exact) mass is 253 g/mol. The Balaban J connectivity index is 2.35. The fourth-order valence-electron chi connectivity index (χ4n) is 2.07. The zero-order chi connectivity index (χ0) is 13.3. The van der Waals surface area contributed by atoms with Crippen molar-refractivity contribution >= 4 is 11.9 Å². The van der Waals surface area contributed by atoms with Crippen molar-refractivity contribution in [2.75, 3.05) is 7.11 Å². The van der Waals surface area contributed by atoms with E-state index in [2.05, 4.69) is 5.32 Å². The molecule has 1 aliphatic rings. The molecular formula is C12H12FNO4. The van der Waals surface area contributed by atoms with Gasteiger partial charge in [-0.25, -0.2) is 4.39 Å². The van der Waals surface area contributed by atoms with Gasteiger partial charge in [-0.15, -0.1) is 0 Å². The maximum absolute atomic E-state index is 13.3. The number of hydrogen-bond donors (Lipinski definition) is 2. The topological polar surface area (TPSA) is 75.6 Å². The van der Waals surface area contributed by atoms with Crippen LogP contribution in [0.2, 0.25) is 0 Å². The summed E-state index contributed by atoms with van der Waals surface area (Å²) in [4.78, 5) is 22.3. The van der Waals surface area contributed by atoms with Crippen molar-refractivity contribution < 1.29 is 23.8 Å². The molecule has 0 radical (unpaired) electrons. The van der Waals surface area contributed by atoms with Crippen LogP contribution in [0.5, 0.6) is 5.75 Å². The molecule has 2 unspecified atom stereocenters. The van der Waals surface area contributed by atoms with Crippen molar-refractivity contribution in [1.29, 1.82) is 0 Å². The Labute approximate surface area is 103 Å². The number of carboxylic acid groups (broad SMARTS) is 1. The smallest absolute Gasteiger partial charge is 0.309 e. The molecule has 1 amide bonds. The van der Waals surface area contributed by atoms with Gasteiger partial charge in [0.2, 0.25) is 5.91 Å². The summed E-state index contributed by atoms with van der Waals surface area (Å²) in [5.74, 6) is -2.72. The summed E-state index contributed by atoms with van der Waals surface area (Å²) in [6, 6.07) is 3.40. The van der Waals surface area contributed by atoms with Crippen LogP contribution in [0.1, 0.15) is 18.0 Å². The van der Waals surface area contributed by atoms with Crippen LogP contribution in [0.3, 0.4) is 0 Å².